The van der Waals surface area contributed by atoms with Crippen LogP contribution in [0.5, 0.6) is 0 Å². The summed E-state index contributed by atoms with van der Waals surface area (Å²) in [6.07, 6.45) is 9.75. The molecule has 1 aromatic carbocycles. The van der Waals surface area contributed by atoms with Gasteiger partial charge in [0.25, 0.3) is 0 Å². The van der Waals surface area contributed by atoms with Crippen molar-refractivity contribution in [3.8, 4) is 0 Å². The number of rotatable bonds is 4. The van der Waals surface area contributed by atoms with Gasteiger partial charge in [0.15, 0.2) is 5.78 Å². The summed E-state index contributed by atoms with van der Waals surface area (Å²) < 4.78 is 0. The van der Waals surface area contributed by atoms with E-state index in [-0.39, 0.29) is 45.6 Å². The fourth-order valence-corrected chi connectivity index (χ4v) is 6.22. The summed E-state index contributed by atoms with van der Waals surface area (Å²) in [4.78, 5) is 26.5. The van der Waals surface area contributed by atoms with Crippen LogP contribution in [0.2, 0.25) is 0 Å². The number of allylic oxidation sites excluding steroid dienone is 4. The maximum Gasteiger partial charge on any atom is 0.170 e. The predicted octanol–water partition coefficient (Wildman–Crippen LogP) is 7.90. The third-order valence-electron chi connectivity index (χ3n) is 8.99. The summed E-state index contributed by atoms with van der Waals surface area (Å²) in [5.41, 5.74) is 6.47. The molecule has 4 rings (SSSR count). The first-order chi connectivity index (χ1) is 15.1. The van der Waals surface area contributed by atoms with Gasteiger partial charge in [0, 0.05) is 11.5 Å². The molecule has 0 aliphatic heterocycles. The molecule has 0 N–H and O–H groups in total. The number of hydrogen-bond donors (Lipinski definition) is 0. The van der Waals surface area contributed by atoms with Crippen molar-refractivity contribution in [1.29, 1.82) is 0 Å². The van der Waals surface area contributed by atoms with E-state index in [0.29, 0.717) is 5.56 Å². The van der Waals surface area contributed by atoms with Gasteiger partial charge in [-0.2, -0.15) is 0 Å². The zero-order chi connectivity index (χ0) is 24.4. The van der Waals surface area contributed by atoms with Crippen molar-refractivity contribution >= 4 is 11.6 Å². The number of ketones is 2. The second-order valence-corrected chi connectivity index (χ2v) is 13.4. The lowest BCUT2D eigenvalue weighted by molar-refractivity contribution is -0.120. The molecule has 1 saturated carbocycles. The third-order valence-corrected chi connectivity index (χ3v) is 8.99. The first-order valence-electron chi connectivity index (χ1n) is 12.8. The number of benzene rings is 1. The van der Waals surface area contributed by atoms with Crippen molar-refractivity contribution in [2.24, 2.45) is 16.7 Å². The predicted molar refractivity (Wildman–Crippen MR) is 137 cm³/mol. The van der Waals surface area contributed by atoms with Crippen molar-refractivity contribution in [1.82, 2.24) is 0 Å². The number of fused-ring (bicyclic) bond motifs is 2. The summed E-state index contributed by atoms with van der Waals surface area (Å²) in [5, 5.41) is 0. The summed E-state index contributed by atoms with van der Waals surface area (Å²) in [5.74, 6) is -0.174. The van der Waals surface area contributed by atoms with E-state index in [9.17, 15) is 9.59 Å². The number of carbonyl (C=O) groups is 2. The lowest BCUT2D eigenvalue weighted by Crippen LogP contribution is -2.35. The second kappa shape index (κ2) is 7.79. The zero-order valence-corrected chi connectivity index (χ0v) is 22.0. The molecule has 0 aromatic heterocycles. The van der Waals surface area contributed by atoms with Gasteiger partial charge in [0.2, 0.25) is 0 Å². The zero-order valence-electron chi connectivity index (χ0n) is 22.0. The average Bonchev–Trinajstić information content (AvgIpc) is 2.74. The molecule has 1 aromatic rings. The quantitative estimate of drug-likeness (QED) is 0.348. The minimum absolute atomic E-state index is 0.00987. The van der Waals surface area contributed by atoms with Crippen LogP contribution in [0, 0.1) is 16.7 Å². The largest absolute Gasteiger partial charge is 0.299 e. The molecule has 2 nitrogen and oxygen atoms in total. The standard InChI is InChI=1S/C31H42O2/c1-28(2)13-15-30(5,6)24-17-20(9-11-22(24)28)26(32)19-27(33)21-10-12-23-25(18-21)31(7,8)16-14-29(23,3)4/h9,11-12,17-18,21H,10,13-16,19H2,1-8H3. The minimum Gasteiger partial charge on any atom is -0.299 e. The molecular formula is C31H42O2. The molecule has 0 heterocycles. The van der Waals surface area contributed by atoms with E-state index in [1.165, 1.54) is 28.7 Å². The van der Waals surface area contributed by atoms with E-state index in [0.717, 1.165) is 25.7 Å². The maximum atomic E-state index is 13.3. The van der Waals surface area contributed by atoms with E-state index < -0.39 is 0 Å². The SMILES string of the molecule is CC1(C)CCC(C)(C)C2=CC(C(=O)CC(=O)c3ccc4c(c3)C(C)(C)CCC4(C)C)CC=C21. The first kappa shape index (κ1) is 24.2. The van der Waals surface area contributed by atoms with Crippen LogP contribution in [-0.2, 0) is 15.6 Å². The molecule has 0 saturated heterocycles. The molecule has 1 fully saturated rings. The molecule has 3 aliphatic carbocycles. The molecular weight excluding hydrogens is 404 g/mol. The van der Waals surface area contributed by atoms with E-state index >= 15 is 0 Å². The van der Waals surface area contributed by atoms with Gasteiger partial charge in [0.1, 0.15) is 5.78 Å². The highest BCUT2D eigenvalue weighted by molar-refractivity contribution is 6.09. The molecule has 0 bridgehead atoms. The summed E-state index contributed by atoms with van der Waals surface area (Å²) >= 11 is 0. The Balaban J connectivity index is 1.55. The van der Waals surface area contributed by atoms with E-state index in [1.807, 2.05) is 6.07 Å². The highest BCUT2D eigenvalue weighted by Crippen LogP contribution is 2.54. The monoisotopic (exact) mass is 446 g/mol. The number of hydrogen-bond acceptors (Lipinski definition) is 2. The van der Waals surface area contributed by atoms with Crippen molar-refractivity contribution in [2.45, 2.75) is 105 Å². The van der Waals surface area contributed by atoms with Crippen LogP contribution in [-0.4, -0.2) is 11.6 Å². The van der Waals surface area contributed by atoms with Crippen LogP contribution in [0.15, 0.2) is 41.5 Å². The normalized spacial score (nSPS) is 26.4. The summed E-state index contributed by atoms with van der Waals surface area (Å²) in [7, 11) is 0. The minimum atomic E-state index is -0.186. The fraction of sp³-hybridized carbons (Fsp3) is 0.613. The lowest BCUT2D eigenvalue weighted by atomic mass is 9.58. The average molecular weight is 447 g/mol. The highest BCUT2D eigenvalue weighted by Gasteiger charge is 2.42. The van der Waals surface area contributed by atoms with Gasteiger partial charge in [-0.15, -0.1) is 0 Å². The van der Waals surface area contributed by atoms with Gasteiger partial charge < -0.3 is 0 Å². The molecule has 178 valence electrons. The van der Waals surface area contributed by atoms with Crippen LogP contribution in [0.25, 0.3) is 0 Å². The fourth-order valence-electron chi connectivity index (χ4n) is 6.22. The Morgan fingerprint density at radius 3 is 1.94 bits per heavy atom. The number of Topliss-reactive ketones (excluding diaryl/α,β-unsaturated/α-hetero) is 2. The van der Waals surface area contributed by atoms with Crippen LogP contribution < -0.4 is 0 Å². The van der Waals surface area contributed by atoms with Gasteiger partial charge in [-0.25, -0.2) is 0 Å². The Labute approximate surface area is 200 Å². The lowest BCUT2D eigenvalue weighted by Gasteiger charge is -2.46. The van der Waals surface area contributed by atoms with Gasteiger partial charge in [-0.1, -0.05) is 79.7 Å². The van der Waals surface area contributed by atoms with Crippen molar-refractivity contribution < 1.29 is 9.59 Å². The maximum absolute atomic E-state index is 13.3. The summed E-state index contributed by atoms with van der Waals surface area (Å²) in [6.45, 7) is 18.3. The van der Waals surface area contributed by atoms with E-state index in [2.05, 4.69) is 79.7 Å². The Bertz CT molecular complexity index is 1060. The molecule has 0 spiro atoms. The van der Waals surface area contributed by atoms with Gasteiger partial charge >= 0.3 is 0 Å². The van der Waals surface area contributed by atoms with Crippen molar-refractivity contribution in [3.05, 3.63) is 58.2 Å². The molecule has 3 aliphatic rings. The van der Waals surface area contributed by atoms with Crippen molar-refractivity contribution in [2.75, 3.05) is 0 Å². The Kier molecular flexibility index (Phi) is 5.70. The molecule has 33 heavy (non-hydrogen) atoms. The molecule has 0 radical (unpaired) electrons. The third kappa shape index (κ3) is 4.31. The highest BCUT2D eigenvalue weighted by atomic mass is 16.1. The van der Waals surface area contributed by atoms with E-state index in [1.54, 1.807) is 0 Å². The second-order valence-electron chi connectivity index (χ2n) is 13.4. The Morgan fingerprint density at radius 1 is 0.758 bits per heavy atom. The van der Waals surface area contributed by atoms with Gasteiger partial charge in [-0.3, -0.25) is 9.59 Å². The molecule has 2 heteroatoms. The molecule has 0 amide bonds. The topological polar surface area (TPSA) is 34.1 Å². The Hall–Kier alpha value is -1.96. The van der Waals surface area contributed by atoms with Crippen LogP contribution >= 0.6 is 0 Å². The molecule has 1 unspecified atom stereocenters. The van der Waals surface area contributed by atoms with Gasteiger partial charge in [-0.05, 0) is 82.1 Å². The van der Waals surface area contributed by atoms with Crippen LogP contribution in [0.1, 0.15) is 115 Å². The van der Waals surface area contributed by atoms with Crippen LogP contribution in [0.3, 0.4) is 0 Å². The van der Waals surface area contributed by atoms with E-state index in [4.69, 9.17) is 0 Å². The first-order valence-corrected chi connectivity index (χ1v) is 12.8. The smallest absolute Gasteiger partial charge is 0.170 e. The summed E-state index contributed by atoms with van der Waals surface area (Å²) in [6, 6.07) is 6.16. The van der Waals surface area contributed by atoms with Gasteiger partial charge in [0.05, 0.1) is 6.42 Å². The number of carbonyl (C=O) groups excluding carboxylic acids is 2. The van der Waals surface area contributed by atoms with Crippen LogP contribution in [0.4, 0.5) is 0 Å². The van der Waals surface area contributed by atoms with Crippen molar-refractivity contribution in [3.63, 3.8) is 0 Å². The Morgan fingerprint density at radius 2 is 1.30 bits per heavy atom. The molecule has 1 atom stereocenters.